The largest absolute Gasteiger partial charge is 0.356 e. The molecule has 0 heterocycles. The van der Waals surface area contributed by atoms with E-state index in [1.165, 1.54) is 24.0 Å². The second kappa shape index (κ2) is 7.06. The quantitative estimate of drug-likeness (QED) is 0.733. The van der Waals surface area contributed by atoms with Gasteiger partial charge in [-0.1, -0.05) is 48.6 Å². The summed E-state index contributed by atoms with van der Waals surface area (Å²) in [4.78, 5) is 0. The Balaban J connectivity index is 1.40. The van der Waals surface area contributed by atoms with Crippen LogP contribution in [0.25, 0.3) is 5.57 Å². The van der Waals surface area contributed by atoms with Gasteiger partial charge < -0.3 is 10.6 Å². The van der Waals surface area contributed by atoms with Crippen molar-refractivity contribution in [2.45, 2.75) is 37.8 Å². The predicted molar refractivity (Wildman–Crippen MR) is 102 cm³/mol. The molecule has 0 saturated heterocycles. The molecule has 2 N–H and O–H groups in total. The Morgan fingerprint density at radius 3 is 2.38 bits per heavy atom. The lowest BCUT2D eigenvalue weighted by atomic mass is 10.0. The van der Waals surface area contributed by atoms with Crippen LogP contribution < -0.4 is 10.6 Å². The van der Waals surface area contributed by atoms with Gasteiger partial charge in [-0.2, -0.15) is 0 Å². The van der Waals surface area contributed by atoms with Crippen molar-refractivity contribution < 1.29 is 0 Å². The number of hydrogen-bond donors (Lipinski definition) is 2. The summed E-state index contributed by atoms with van der Waals surface area (Å²) in [5, 5.41) is 7.29. The van der Waals surface area contributed by atoms with Crippen LogP contribution in [0.5, 0.6) is 0 Å². The minimum Gasteiger partial charge on any atom is -0.356 e. The van der Waals surface area contributed by atoms with Crippen molar-refractivity contribution in [3.63, 3.8) is 0 Å². The molecule has 1 atom stereocenters. The van der Waals surface area contributed by atoms with Crippen LogP contribution in [0.1, 0.15) is 31.2 Å². The molecule has 0 amide bonds. The van der Waals surface area contributed by atoms with Gasteiger partial charge in [-0.05, 0) is 61.1 Å². The van der Waals surface area contributed by atoms with Gasteiger partial charge in [0.1, 0.15) is 0 Å². The summed E-state index contributed by atoms with van der Waals surface area (Å²) < 4.78 is 0. The maximum atomic E-state index is 3.80. The molecule has 2 aliphatic carbocycles. The van der Waals surface area contributed by atoms with Crippen LogP contribution in [0.15, 0.2) is 72.8 Å². The topological polar surface area (TPSA) is 24.1 Å². The van der Waals surface area contributed by atoms with Gasteiger partial charge >= 0.3 is 0 Å². The van der Waals surface area contributed by atoms with Gasteiger partial charge in [-0.15, -0.1) is 0 Å². The normalized spacial score (nSPS) is 20.3. The minimum absolute atomic E-state index is 0.593. The van der Waals surface area contributed by atoms with Crippen molar-refractivity contribution in [1.29, 1.82) is 0 Å². The van der Waals surface area contributed by atoms with Gasteiger partial charge in [0.2, 0.25) is 0 Å². The molecule has 2 nitrogen and oxygen atoms in total. The zero-order valence-electron chi connectivity index (χ0n) is 13.9. The Bertz CT molecular complexity index is 738. The predicted octanol–water partition coefficient (Wildman–Crippen LogP) is 5.28. The van der Waals surface area contributed by atoms with E-state index in [4.69, 9.17) is 0 Å². The molecule has 2 aliphatic rings. The number of benzene rings is 2. The van der Waals surface area contributed by atoms with Crippen LogP contribution in [0, 0.1) is 0 Å². The van der Waals surface area contributed by atoms with E-state index in [2.05, 4.69) is 77.4 Å². The molecule has 0 spiro atoms. The van der Waals surface area contributed by atoms with E-state index in [0.717, 1.165) is 24.2 Å². The lowest BCUT2D eigenvalue weighted by Gasteiger charge is -2.19. The number of rotatable bonds is 5. The standard InChI is InChI=1S/C22H24N2/c1-2-8-19(9-3-1)23-21-12-6-7-17(15-21)18-13-14-22(16-18)24-20-10-4-5-11-20/h1-9,12-13,15,20,22-24H,10-11,14,16H2. The second-order valence-electron chi connectivity index (χ2n) is 6.74. The van der Waals surface area contributed by atoms with Crippen LogP contribution in [-0.2, 0) is 0 Å². The molecular weight excluding hydrogens is 292 g/mol. The fourth-order valence-corrected chi connectivity index (χ4v) is 3.65. The number of hydrogen-bond acceptors (Lipinski definition) is 2. The maximum absolute atomic E-state index is 3.80. The average molecular weight is 316 g/mol. The summed E-state index contributed by atoms with van der Waals surface area (Å²) in [6.45, 7) is 0. The van der Waals surface area contributed by atoms with Crippen LogP contribution in [0.4, 0.5) is 11.4 Å². The van der Waals surface area contributed by atoms with E-state index in [-0.39, 0.29) is 0 Å². The van der Waals surface area contributed by atoms with Gasteiger partial charge in [0, 0.05) is 23.5 Å². The Kier molecular flexibility index (Phi) is 4.48. The minimum atomic E-state index is 0.593. The highest BCUT2D eigenvalue weighted by molar-refractivity contribution is 5.72. The maximum Gasteiger partial charge on any atom is 0.0390 e. The summed E-state index contributed by atoms with van der Waals surface area (Å²) in [7, 11) is 0. The molecule has 0 radical (unpaired) electrons. The van der Waals surface area contributed by atoms with Crippen molar-refractivity contribution in [2.75, 3.05) is 5.32 Å². The van der Waals surface area contributed by atoms with Crippen molar-refractivity contribution in [2.24, 2.45) is 0 Å². The lowest BCUT2D eigenvalue weighted by Crippen LogP contribution is -2.35. The number of nitrogens with one attached hydrogen (secondary N) is 2. The van der Waals surface area contributed by atoms with Crippen LogP contribution in [0.3, 0.4) is 0 Å². The smallest absolute Gasteiger partial charge is 0.0390 e. The molecule has 122 valence electrons. The van der Waals surface area contributed by atoms with Crippen molar-refractivity contribution in [3.05, 3.63) is 78.4 Å². The van der Waals surface area contributed by atoms with Crippen LogP contribution in [0.2, 0.25) is 0 Å². The van der Waals surface area contributed by atoms with Gasteiger partial charge in [0.15, 0.2) is 0 Å². The molecule has 4 rings (SSSR count). The number of anilines is 2. The molecule has 0 aliphatic heterocycles. The van der Waals surface area contributed by atoms with Gasteiger partial charge in [0.05, 0.1) is 0 Å². The fraction of sp³-hybridized carbons (Fsp3) is 0.273. The summed E-state index contributed by atoms with van der Waals surface area (Å²) in [6, 6.07) is 20.3. The third-order valence-corrected chi connectivity index (χ3v) is 4.89. The van der Waals surface area contributed by atoms with E-state index >= 15 is 0 Å². The Hall–Kier alpha value is -2.32. The van der Waals surface area contributed by atoms with E-state index in [9.17, 15) is 0 Å². The fourth-order valence-electron chi connectivity index (χ4n) is 3.65. The van der Waals surface area contributed by atoms with Gasteiger partial charge in [-0.25, -0.2) is 0 Å². The molecule has 24 heavy (non-hydrogen) atoms. The highest BCUT2D eigenvalue weighted by atomic mass is 15.0. The molecule has 0 fully saturated rings. The Labute approximate surface area is 144 Å². The first-order valence-electron chi connectivity index (χ1n) is 8.89. The Morgan fingerprint density at radius 2 is 1.54 bits per heavy atom. The average Bonchev–Trinajstić information content (AvgIpc) is 3.29. The first kappa shape index (κ1) is 15.2. The van der Waals surface area contributed by atoms with Gasteiger partial charge in [0.25, 0.3) is 0 Å². The van der Waals surface area contributed by atoms with E-state index in [1.54, 1.807) is 0 Å². The summed E-state index contributed by atoms with van der Waals surface area (Å²) in [5.41, 5.74) is 5.08. The lowest BCUT2D eigenvalue weighted by molar-refractivity contribution is 0.453. The summed E-state index contributed by atoms with van der Waals surface area (Å²) in [6.07, 6.45) is 11.6. The van der Waals surface area contributed by atoms with Crippen molar-refractivity contribution >= 4 is 16.9 Å². The van der Waals surface area contributed by atoms with E-state index in [0.29, 0.717) is 12.1 Å². The number of para-hydroxylation sites is 1. The third-order valence-electron chi connectivity index (χ3n) is 4.89. The Morgan fingerprint density at radius 1 is 0.750 bits per heavy atom. The molecule has 0 aromatic heterocycles. The van der Waals surface area contributed by atoms with Crippen molar-refractivity contribution in [1.82, 2.24) is 5.32 Å². The van der Waals surface area contributed by atoms with Crippen LogP contribution in [-0.4, -0.2) is 12.1 Å². The summed E-state index contributed by atoms with van der Waals surface area (Å²) >= 11 is 0. The van der Waals surface area contributed by atoms with E-state index < -0.39 is 0 Å². The molecular formula is C22H24N2. The van der Waals surface area contributed by atoms with Crippen molar-refractivity contribution in [3.8, 4) is 0 Å². The first-order chi connectivity index (χ1) is 11.9. The zero-order chi connectivity index (χ0) is 16.2. The third kappa shape index (κ3) is 3.60. The molecule has 1 unspecified atom stereocenters. The van der Waals surface area contributed by atoms with Gasteiger partial charge in [-0.3, -0.25) is 0 Å². The SMILES string of the molecule is C1=CCC(NC2CC=C(c3cccc(Nc4ccccc4)c3)C2)C1. The molecule has 0 saturated carbocycles. The van der Waals surface area contributed by atoms with E-state index in [1.807, 2.05) is 6.07 Å². The second-order valence-corrected chi connectivity index (χ2v) is 6.74. The summed E-state index contributed by atoms with van der Waals surface area (Å²) in [5.74, 6) is 0. The zero-order valence-corrected chi connectivity index (χ0v) is 13.9. The monoisotopic (exact) mass is 316 g/mol. The molecule has 2 heteroatoms. The van der Waals surface area contributed by atoms with Crippen LogP contribution >= 0.6 is 0 Å². The first-order valence-corrected chi connectivity index (χ1v) is 8.89. The molecule has 0 bridgehead atoms. The highest BCUT2D eigenvalue weighted by Gasteiger charge is 2.21. The highest BCUT2D eigenvalue weighted by Crippen LogP contribution is 2.31. The molecule has 2 aromatic carbocycles. The molecule has 2 aromatic rings.